The van der Waals surface area contributed by atoms with Crippen LogP contribution in [0.25, 0.3) is 0 Å². The van der Waals surface area contributed by atoms with Crippen molar-refractivity contribution in [2.24, 2.45) is 0 Å². The first-order chi connectivity index (χ1) is 7.15. The lowest BCUT2D eigenvalue weighted by Crippen LogP contribution is -2.04. The second kappa shape index (κ2) is 5.63. The van der Waals surface area contributed by atoms with Crippen LogP contribution in [0.5, 0.6) is 0 Å². The summed E-state index contributed by atoms with van der Waals surface area (Å²) in [7, 11) is 1.61. The number of aromatic carboxylic acids is 1. The van der Waals surface area contributed by atoms with Crippen LogP contribution in [-0.2, 0) is 11.2 Å². The minimum Gasteiger partial charge on any atom is -0.478 e. The Morgan fingerprint density at radius 3 is 2.93 bits per heavy atom. The van der Waals surface area contributed by atoms with E-state index in [1.54, 1.807) is 7.11 Å². The molecule has 0 aliphatic heterocycles. The van der Waals surface area contributed by atoms with Gasteiger partial charge in [-0.25, -0.2) is 14.8 Å². The summed E-state index contributed by atoms with van der Waals surface area (Å²) in [5.74, 6) is -0.592. The van der Waals surface area contributed by atoms with Gasteiger partial charge < -0.3 is 9.84 Å². The van der Waals surface area contributed by atoms with E-state index in [9.17, 15) is 4.79 Å². The molecule has 1 rings (SSSR count). The molecule has 82 valence electrons. The summed E-state index contributed by atoms with van der Waals surface area (Å²) in [6.07, 6.45) is 2.62. The van der Waals surface area contributed by atoms with Gasteiger partial charge in [-0.1, -0.05) is 11.6 Å². The van der Waals surface area contributed by atoms with E-state index in [1.165, 1.54) is 6.20 Å². The van der Waals surface area contributed by atoms with Crippen molar-refractivity contribution >= 4 is 17.6 Å². The van der Waals surface area contributed by atoms with Crippen LogP contribution < -0.4 is 0 Å². The van der Waals surface area contributed by atoms with Gasteiger partial charge >= 0.3 is 5.97 Å². The van der Waals surface area contributed by atoms with Gasteiger partial charge in [0.25, 0.3) is 0 Å². The normalized spacial score (nSPS) is 10.3. The molecule has 0 saturated carbocycles. The number of halogens is 1. The molecule has 0 aromatic carbocycles. The number of aromatic nitrogens is 2. The first-order valence-electron chi connectivity index (χ1n) is 4.38. The topological polar surface area (TPSA) is 72.3 Å². The fourth-order valence-corrected chi connectivity index (χ4v) is 1.26. The lowest BCUT2D eigenvalue weighted by Gasteiger charge is -2.01. The number of carboxylic acid groups (broad SMARTS) is 1. The minimum absolute atomic E-state index is 0.0232. The molecule has 0 amide bonds. The molecular formula is C9H11ClN2O3. The van der Waals surface area contributed by atoms with Crippen LogP contribution in [0.4, 0.5) is 0 Å². The van der Waals surface area contributed by atoms with Crippen molar-refractivity contribution in [2.45, 2.75) is 12.8 Å². The second-order valence-corrected chi connectivity index (χ2v) is 3.25. The summed E-state index contributed by atoms with van der Waals surface area (Å²) in [6.45, 7) is 0.613. The molecule has 6 heteroatoms. The van der Waals surface area contributed by atoms with Gasteiger partial charge in [0.05, 0.1) is 0 Å². The highest BCUT2D eigenvalue weighted by molar-refractivity contribution is 6.32. The smallest absolute Gasteiger partial charge is 0.340 e. The van der Waals surface area contributed by atoms with Crippen molar-refractivity contribution in [3.8, 4) is 0 Å². The number of carboxylic acids is 1. The molecular weight excluding hydrogens is 220 g/mol. The average Bonchev–Trinajstić information content (AvgIpc) is 2.17. The van der Waals surface area contributed by atoms with E-state index >= 15 is 0 Å². The Kier molecular flexibility index (Phi) is 4.45. The molecule has 0 saturated heterocycles. The van der Waals surface area contributed by atoms with E-state index in [0.717, 1.165) is 6.42 Å². The highest BCUT2D eigenvalue weighted by Crippen LogP contribution is 2.12. The van der Waals surface area contributed by atoms with Crippen molar-refractivity contribution in [1.29, 1.82) is 0 Å². The van der Waals surface area contributed by atoms with Gasteiger partial charge in [0.1, 0.15) is 16.5 Å². The number of nitrogens with zero attached hydrogens (tertiary/aromatic N) is 2. The first-order valence-corrected chi connectivity index (χ1v) is 4.76. The fourth-order valence-electron chi connectivity index (χ4n) is 1.03. The molecule has 1 aromatic rings. The average molecular weight is 231 g/mol. The van der Waals surface area contributed by atoms with E-state index in [-0.39, 0.29) is 10.7 Å². The number of aryl methyl sites for hydroxylation is 1. The summed E-state index contributed by atoms with van der Waals surface area (Å²) in [5.41, 5.74) is -0.0767. The quantitative estimate of drug-likeness (QED) is 0.612. The monoisotopic (exact) mass is 230 g/mol. The third-order valence-corrected chi connectivity index (χ3v) is 2.06. The largest absolute Gasteiger partial charge is 0.478 e. The Labute approximate surface area is 92.1 Å². The van der Waals surface area contributed by atoms with E-state index in [2.05, 4.69) is 9.97 Å². The predicted molar refractivity (Wildman–Crippen MR) is 54.2 cm³/mol. The van der Waals surface area contributed by atoms with Crippen LogP contribution in [0.2, 0.25) is 5.15 Å². The van der Waals surface area contributed by atoms with Crippen LogP contribution in [0.1, 0.15) is 22.6 Å². The second-order valence-electron chi connectivity index (χ2n) is 2.89. The zero-order valence-electron chi connectivity index (χ0n) is 8.23. The standard InChI is InChI=1S/C9H11ClN2O3/c1-15-4-2-3-7-11-5-6(9(13)14)8(10)12-7/h5H,2-4H2,1H3,(H,13,14). The van der Waals surface area contributed by atoms with Crippen molar-refractivity contribution in [1.82, 2.24) is 9.97 Å². The summed E-state index contributed by atoms with van der Waals surface area (Å²) >= 11 is 5.67. The molecule has 0 aliphatic rings. The maximum absolute atomic E-state index is 10.6. The highest BCUT2D eigenvalue weighted by Gasteiger charge is 2.11. The van der Waals surface area contributed by atoms with Crippen LogP contribution in [0, 0.1) is 0 Å². The van der Waals surface area contributed by atoms with Crippen LogP contribution in [-0.4, -0.2) is 34.8 Å². The molecule has 0 unspecified atom stereocenters. The molecule has 0 atom stereocenters. The molecule has 0 spiro atoms. The SMILES string of the molecule is COCCCc1ncc(C(=O)O)c(Cl)n1. The lowest BCUT2D eigenvalue weighted by molar-refractivity contribution is 0.0696. The predicted octanol–water partition coefficient (Wildman–Crippen LogP) is 1.41. The van der Waals surface area contributed by atoms with Crippen molar-refractivity contribution in [2.75, 3.05) is 13.7 Å². The van der Waals surface area contributed by atoms with Crippen molar-refractivity contribution in [3.63, 3.8) is 0 Å². The molecule has 1 heterocycles. The maximum atomic E-state index is 10.6. The zero-order valence-corrected chi connectivity index (χ0v) is 8.99. The highest BCUT2D eigenvalue weighted by atomic mass is 35.5. The van der Waals surface area contributed by atoms with Crippen LogP contribution in [0.15, 0.2) is 6.20 Å². The number of rotatable bonds is 5. The Morgan fingerprint density at radius 1 is 1.67 bits per heavy atom. The van der Waals surface area contributed by atoms with Crippen LogP contribution >= 0.6 is 11.6 Å². The van der Waals surface area contributed by atoms with Crippen molar-refractivity contribution in [3.05, 3.63) is 22.7 Å². The van der Waals surface area contributed by atoms with E-state index in [1.807, 2.05) is 0 Å². The van der Waals surface area contributed by atoms with Gasteiger partial charge in [0.2, 0.25) is 0 Å². The summed E-state index contributed by atoms with van der Waals surface area (Å²) in [5, 5.41) is 8.66. The summed E-state index contributed by atoms with van der Waals surface area (Å²) in [4.78, 5) is 18.4. The fraction of sp³-hybridized carbons (Fsp3) is 0.444. The molecule has 5 nitrogen and oxygen atoms in total. The molecule has 0 fully saturated rings. The van der Waals surface area contributed by atoms with Crippen molar-refractivity contribution < 1.29 is 14.6 Å². The lowest BCUT2D eigenvalue weighted by atomic mass is 10.3. The molecule has 0 aliphatic carbocycles. The van der Waals surface area contributed by atoms with E-state index in [4.69, 9.17) is 21.4 Å². The summed E-state index contributed by atoms with van der Waals surface area (Å²) < 4.78 is 4.87. The van der Waals surface area contributed by atoms with Gasteiger partial charge in [-0.2, -0.15) is 0 Å². The van der Waals surface area contributed by atoms with Gasteiger partial charge in [0, 0.05) is 26.3 Å². The van der Waals surface area contributed by atoms with E-state index < -0.39 is 5.97 Å². The number of hydrogen-bond acceptors (Lipinski definition) is 4. The molecule has 15 heavy (non-hydrogen) atoms. The number of ether oxygens (including phenoxy) is 1. The van der Waals surface area contributed by atoms with Gasteiger partial charge in [0.15, 0.2) is 0 Å². The van der Waals surface area contributed by atoms with Crippen LogP contribution in [0.3, 0.4) is 0 Å². The van der Waals surface area contributed by atoms with Gasteiger partial charge in [-0.05, 0) is 6.42 Å². The Hall–Kier alpha value is -1.20. The van der Waals surface area contributed by atoms with Gasteiger partial charge in [-0.3, -0.25) is 0 Å². The Balaban J connectivity index is 2.69. The zero-order chi connectivity index (χ0) is 11.3. The molecule has 0 radical (unpaired) electrons. The Morgan fingerprint density at radius 2 is 2.40 bits per heavy atom. The minimum atomic E-state index is -1.12. The third kappa shape index (κ3) is 3.45. The van der Waals surface area contributed by atoms with Gasteiger partial charge in [-0.15, -0.1) is 0 Å². The molecule has 0 bridgehead atoms. The number of hydrogen-bond donors (Lipinski definition) is 1. The summed E-state index contributed by atoms with van der Waals surface area (Å²) in [6, 6.07) is 0. The Bertz CT molecular complexity index is 357. The van der Waals surface area contributed by atoms with E-state index in [0.29, 0.717) is 18.9 Å². The number of carbonyl (C=O) groups is 1. The first kappa shape index (κ1) is 11.9. The number of methoxy groups -OCH3 is 1. The molecule has 1 N–H and O–H groups in total. The maximum Gasteiger partial charge on any atom is 0.340 e. The molecule has 1 aromatic heterocycles. The third-order valence-electron chi connectivity index (χ3n) is 1.77.